The Hall–Kier alpha value is -3.36. The molecular formula is C27H21NO. The van der Waals surface area contributed by atoms with Gasteiger partial charge in [0, 0.05) is 17.3 Å². The van der Waals surface area contributed by atoms with E-state index in [9.17, 15) is 0 Å². The van der Waals surface area contributed by atoms with E-state index in [4.69, 9.17) is 4.74 Å². The Morgan fingerprint density at radius 1 is 0.690 bits per heavy atom. The molecule has 1 aliphatic heterocycles. The van der Waals surface area contributed by atoms with Crippen LogP contribution in [-0.4, -0.2) is 4.98 Å². The number of aromatic amines is 1. The van der Waals surface area contributed by atoms with E-state index in [1.165, 1.54) is 44.1 Å². The predicted octanol–water partition coefficient (Wildman–Crippen LogP) is 6.72. The molecule has 0 bridgehead atoms. The number of hydrogen-bond donors (Lipinski definition) is 1. The second-order valence-electron chi connectivity index (χ2n) is 7.75. The molecule has 2 atom stereocenters. The molecule has 5 aromatic rings. The fourth-order valence-corrected chi connectivity index (χ4v) is 4.70. The van der Waals surface area contributed by atoms with Crippen LogP contribution in [0.5, 0.6) is 0 Å². The fraction of sp³-hybridized carbons (Fsp3) is 0.111. The number of para-hydroxylation sites is 1. The van der Waals surface area contributed by atoms with Crippen LogP contribution in [0.3, 0.4) is 0 Å². The van der Waals surface area contributed by atoms with Crippen LogP contribution in [0.15, 0.2) is 97.1 Å². The molecule has 0 saturated heterocycles. The lowest BCUT2D eigenvalue weighted by Gasteiger charge is -2.32. The van der Waals surface area contributed by atoms with Crippen LogP contribution >= 0.6 is 0 Å². The zero-order valence-electron chi connectivity index (χ0n) is 16.0. The van der Waals surface area contributed by atoms with Gasteiger partial charge >= 0.3 is 0 Å². The third-order valence-corrected chi connectivity index (χ3v) is 6.08. The Morgan fingerprint density at radius 2 is 1.41 bits per heavy atom. The van der Waals surface area contributed by atoms with Crippen molar-refractivity contribution in [2.75, 3.05) is 0 Å². The van der Waals surface area contributed by atoms with Crippen LogP contribution in [0.2, 0.25) is 0 Å². The van der Waals surface area contributed by atoms with E-state index in [2.05, 4.69) is 102 Å². The standard InChI is InChI=1S/C27H21NO/c1-2-10-19(11-3-1)25-17-23-21-14-6-7-16-24(21)28-26(23)27(29-25)22-15-8-12-18-9-4-5-13-20(18)22/h1-16,25,27-28H,17H2/t25-,27-/m0/s1. The van der Waals surface area contributed by atoms with Gasteiger partial charge in [-0.05, 0) is 33.5 Å². The highest BCUT2D eigenvalue weighted by atomic mass is 16.5. The number of rotatable bonds is 2. The minimum Gasteiger partial charge on any atom is -0.359 e. The van der Waals surface area contributed by atoms with Crippen LogP contribution < -0.4 is 0 Å². The quantitative estimate of drug-likeness (QED) is 0.364. The minimum atomic E-state index is -0.123. The molecule has 6 rings (SSSR count). The summed E-state index contributed by atoms with van der Waals surface area (Å²) in [7, 11) is 0. The first-order chi connectivity index (χ1) is 14.4. The van der Waals surface area contributed by atoms with Crippen molar-refractivity contribution in [2.24, 2.45) is 0 Å². The Morgan fingerprint density at radius 3 is 2.31 bits per heavy atom. The maximum Gasteiger partial charge on any atom is 0.124 e. The highest BCUT2D eigenvalue weighted by Crippen LogP contribution is 2.44. The summed E-state index contributed by atoms with van der Waals surface area (Å²) < 4.78 is 6.79. The van der Waals surface area contributed by atoms with Gasteiger partial charge in [-0.1, -0.05) is 91.0 Å². The minimum absolute atomic E-state index is 0.0341. The summed E-state index contributed by atoms with van der Waals surface area (Å²) in [5.74, 6) is 0. The van der Waals surface area contributed by atoms with Crippen molar-refractivity contribution < 1.29 is 4.74 Å². The number of hydrogen-bond acceptors (Lipinski definition) is 1. The van der Waals surface area contributed by atoms with Gasteiger partial charge in [0.1, 0.15) is 6.10 Å². The third-order valence-electron chi connectivity index (χ3n) is 6.08. The largest absolute Gasteiger partial charge is 0.359 e. The molecular weight excluding hydrogens is 354 g/mol. The van der Waals surface area contributed by atoms with Gasteiger partial charge in [-0.25, -0.2) is 0 Å². The van der Waals surface area contributed by atoms with E-state index in [1.54, 1.807) is 0 Å². The monoisotopic (exact) mass is 375 g/mol. The lowest BCUT2D eigenvalue weighted by Crippen LogP contribution is -2.21. The first-order valence-electron chi connectivity index (χ1n) is 10.2. The average molecular weight is 375 g/mol. The lowest BCUT2D eigenvalue weighted by atomic mass is 9.90. The van der Waals surface area contributed by atoms with E-state index in [-0.39, 0.29) is 12.2 Å². The lowest BCUT2D eigenvalue weighted by molar-refractivity contribution is -0.00629. The number of fused-ring (bicyclic) bond motifs is 4. The van der Waals surface area contributed by atoms with Crippen molar-refractivity contribution in [2.45, 2.75) is 18.6 Å². The average Bonchev–Trinajstić information content (AvgIpc) is 3.17. The molecule has 0 unspecified atom stereocenters. The van der Waals surface area contributed by atoms with Crippen LogP contribution in [0, 0.1) is 0 Å². The van der Waals surface area contributed by atoms with Crippen molar-refractivity contribution in [3.63, 3.8) is 0 Å². The number of aromatic nitrogens is 1. The van der Waals surface area contributed by atoms with Gasteiger partial charge in [0.15, 0.2) is 0 Å². The van der Waals surface area contributed by atoms with Crippen LogP contribution in [0.4, 0.5) is 0 Å². The maximum atomic E-state index is 6.79. The Bertz CT molecular complexity index is 1310. The van der Waals surface area contributed by atoms with E-state index in [1.807, 2.05) is 0 Å². The summed E-state index contributed by atoms with van der Waals surface area (Å²) in [5.41, 5.74) is 6.19. The van der Waals surface area contributed by atoms with Crippen molar-refractivity contribution >= 4 is 21.7 Å². The van der Waals surface area contributed by atoms with Gasteiger partial charge in [-0.2, -0.15) is 0 Å². The predicted molar refractivity (Wildman–Crippen MR) is 118 cm³/mol. The molecule has 1 aromatic heterocycles. The number of nitrogens with one attached hydrogen (secondary N) is 1. The van der Waals surface area contributed by atoms with Crippen LogP contribution in [0.25, 0.3) is 21.7 Å². The van der Waals surface area contributed by atoms with Gasteiger partial charge in [-0.15, -0.1) is 0 Å². The summed E-state index contributed by atoms with van der Waals surface area (Å²) in [6, 6.07) is 34.3. The molecule has 0 amide bonds. The molecule has 140 valence electrons. The zero-order chi connectivity index (χ0) is 19.2. The first kappa shape index (κ1) is 16.6. The third kappa shape index (κ3) is 2.68. The van der Waals surface area contributed by atoms with E-state index < -0.39 is 0 Å². The summed E-state index contributed by atoms with van der Waals surface area (Å²) in [5, 5.41) is 3.79. The second-order valence-corrected chi connectivity index (χ2v) is 7.75. The summed E-state index contributed by atoms with van der Waals surface area (Å²) in [6.45, 7) is 0. The molecule has 0 aliphatic carbocycles. The van der Waals surface area contributed by atoms with E-state index in [0.29, 0.717) is 0 Å². The van der Waals surface area contributed by atoms with Crippen molar-refractivity contribution in [1.29, 1.82) is 0 Å². The Labute approximate surface area is 169 Å². The van der Waals surface area contributed by atoms with Crippen molar-refractivity contribution in [3.05, 3.63) is 119 Å². The van der Waals surface area contributed by atoms with Gasteiger partial charge in [0.25, 0.3) is 0 Å². The molecule has 29 heavy (non-hydrogen) atoms. The maximum absolute atomic E-state index is 6.79. The van der Waals surface area contributed by atoms with Gasteiger partial charge < -0.3 is 9.72 Å². The molecule has 0 spiro atoms. The SMILES string of the molecule is c1ccc([C@@H]2Cc3c([nH]c4ccccc34)[C@H](c3cccc4ccccc34)O2)cc1. The normalized spacial score (nSPS) is 18.8. The van der Waals surface area contributed by atoms with E-state index >= 15 is 0 Å². The van der Waals surface area contributed by atoms with Gasteiger partial charge in [-0.3, -0.25) is 0 Å². The number of benzene rings is 4. The molecule has 2 nitrogen and oxygen atoms in total. The highest BCUT2D eigenvalue weighted by molar-refractivity contribution is 5.88. The zero-order valence-corrected chi connectivity index (χ0v) is 16.0. The fourth-order valence-electron chi connectivity index (χ4n) is 4.70. The number of H-pyrrole nitrogens is 1. The molecule has 2 heterocycles. The summed E-state index contributed by atoms with van der Waals surface area (Å²) >= 11 is 0. The summed E-state index contributed by atoms with van der Waals surface area (Å²) in [4.78, 5) is 3.68. The molecule has 0 saturated carbocycles. The molecule has 4 aromatic carbocycles. The smallest absolute Gasteiger partial charge is 0.124 e. The number of ether oxygens (including phenoxy) is 1. The Kier molecular flexibility index (Phi) is 3.78. The first-order valence-corrected chi connectivity index (χ1v) is 10.2. The molecule has 1 N–H and O–H groups in total. The Balaban J connectivity index is 1.59. The van der Waals surface area contributed by atoms with Crippen molar-refractivity contribution in [3.8, 4) is 0 Å². The van der Waals surface area contributed by atoms with Crippen LogP contribution in [-0.2, 0) is 11.2 Å². The molecule has 0 fully saturated rings. The topological polar surface area (TPSA) is 25.0 Å². The molecule has 1 aliphatic rings. The summed E-state index contributed by atoms with van der Waals surface area (Å²) in [6.07, 6.45) is 0.791. The molecule has 2 heteroatoms. The van der Waals surface area contributed by atoms with Gasteiger partial charge in [0.05, 0.1) is 11.8 Å². The second kappa shape index (κ2) is 6.61. The van der Waals surface area contributed by atoms with Gasteiger partial charge in [0.2, 0.25) is 0 Å². The van der Waals surface area contributed by atoms with E-state index in [0.717, 1.165) is 6.42 Å². The van der Waals surface area contributed by atoms with Crippen molar-refractivity contribution in [1.82, 2.24) is 4.98 Å². The highest BCUT2D eigenvalue weighted by Gasteiger charge is 2.33. The van der Waals surface area contributed by atoms with Crippen LogP contribution in [0.1, 0.15) is 34.6 Å². The molecule has 0 radical (unpaired) electrons.